The van der Waals surface area contributed by atoms with Crippen LogP contribution in [-0.2, 0) is 11.2 Å². The minimum atomic E-state index is -0.122. The first-order chi connectivity index (χ1) is 8.77. The van der Waals surface area contributed by atoms with E-state index in [1.165, 1.54) is 0 Å². The maximum Gasteiger partial charge on any atom is 0.227 e. The molecule has 1 amide bonds. The number of H-pyrrole nitrogens is 1. The summed E-state index contributed by atoms with van der Waals surface area (Å²) in [6.07, 6.45) is 4.22. The van der Waals surface area contributed by atoms with Crippen molar-refractivity contribution < 1.29 is 4.79 Å². The Morgan fingerprint density at radius 2 is 2.17 bits per heavy atom. The van der Waals surface area contributed by atoms with Gasteiger partial charge in [-0.15, -0.1) is 0 Å². The number of aromatic amines is 1. The Kier molecular flexibility index (Phi) is 4.12. The minimum absolute atomic E-state index is 0.0488. The second kappa shape index (κ2) is 6.00. The molecule has 0 radical (unpaired) electrons. The lowest BCUT2D eigenvalue weighted by molar-refractivity contribution is -0.122. The zero-order valence-electron chi connectivity index (χ0n) is 10.4. The summed E-state index contributed by atoms with van der Waals surface area (Å²) in [5.41, 5.74) is 1.04. The first-order valence-corrected chi connectivity index (χ1v) is 6.08. The van der Waals surface area contributed by atoms with Crippen molar-refractivity contribution in [3.05, 3.63) is 54.1 Å². The molecule has 0 saturated heterocycles. The number of benzene rings is 1. The van der Waals surface area contributed by atoms with E-state index in [4.69, 9.17) is 0 Å². The highest BCUT2D eigenvalue weighted by Gasteiger charge is 2.13. The molecule has 0 bridgehead atoms. The monoisotopic (exact) mass is 243 g/mol. The number of hydrogen-bond acceptors (Lipinski definition) is 2. The molecule has 0 fully saturated rings. The zero-order chi connectivity index (χ0) is 12.8. The second-order valence-electron chi connectivity index (χ2n) is 4.21. The van der Waals surface area contributed by atoms with Gasteiger partial charge in [-0.1, -0.05) is 30.3 Å². The summed E-state index contributed by atoms with van der Waals surface area (Å²) < 4.78 is 0. The summed E-state index contributed by atoms with van der Waals surface area (Å²) in [7, 11) is 0. The van der Waals surface area contributed by atoms with Crippen molar-refractivity contribution in [1.82, 2.24) is 15.3 Å². The molecule has 2 rings (SSSR count). The van der Waals surface area contributed by atoms with Crippen molar-refractivity contribution in [3.63, 3.8) is 0 Å². The Hall–Kier alpha value is -2.10. The molecule has 18 heavy (non-hydrogen) atoms. The van der Waals surface area contributed by atoms with Crippen LogP contribution >= 0.6 is 0 Å². The van der Waals surface area contributed by atoms with Crippen molar-refractivity contribution in [2.45, 2.75) is 19.3 Å². The smallest absolute Gasteiger partial charge is 0.227 e. The number of nitrogens with one attached hydrogen (secondary N) is 2. The molecule has 0 aliphatic rings. The fourth-order valence-corrected chi connectivity index (χ4v) is 1.78. The highest BCUT2D eigenvalue weighted by atomic mass is 16.1. The van der Waals surface area contributed by atoms with Crippen molar-refractivity contribution in [1.29, 1.82) is 0 Å². The predicted octanol–water partition coefficient (Wildman–Crippen LogP) is 1.87. The lowest BCUT2D eigenvalue weighted by Gasteiger charge is -2.11. The molecule has 2 aromatic rings. The molecular weight excluding hydrogens is 226 g/mol. The fraction of sp³-hybridized carbons (Fsp3) is 0.286. The summed E-state index contributed by atoms with van der Waals surface area (Å²) in [6, 6.07) is 9.78. The third-order valence-corrected chi connectivity index (χ3v) is 2.91. The van der Waals surface area contributed by atoms with Crippen LogP contribution in [0.25, 0.3) is 0 Å². The number of hydrogen-bond donors (Lipinski definition) is 2. The average molecular weight is 243 g/mol. The number of nitrogens with zero attached hydrogens (tertiary/aromatic N) is 1. The van der Waals surface area contributed by atoms with Gasteiger partial charge in [0.2, 0.25) is 5.91 Å². The van der Waals surface area contributed by atoms with Crippen LogP contribution in [0.2, 0.25) is 0 Å². The summed E-state index contributed by atoms with van der Waals surface area (Å²) >= 11 is 0. The molecule has 4 nitrogen and oxygen atoms in total. The van der Waals surface area contributed by atoms with Gasteiger partial charge in [0.15, 0.2) is 0 Å². The molecule has 0 spiro atoms. The van der Waals surface area contributed by atoms with E-state index in [9.17, 15) is 4.79 Å². The normalized spacial score (nSPS) is 12.1. The lowest BCUT2D eigenvalue weighted by atomic mass is 10.0. The molecule has 1 aromatic heterocycles. The number of amides is 1. The van der Waals surface area contributed by atoms with Gasteiger partial charge in [-0.3, -0.25) is 4.79 Å². The van der Waals surface area contributed by atoms with Crippen molar-refractivity contribution in [2.24, 2.45) is 0 Å². The van der Waals surface area contributed by atoms with Crippen LogP contribution in [0.1, 0.15) is 24.2 Å². The fourth-order valence-electron chi connectivity index (χ4n) is 1.78. The van der Waals surface area contributed by atoms with Gasteiger partial charge >= 0.3 is 0 Å². The molecule has 0 aliphatic heterocycles. The summed E-state index contributed by atoms with van der Waals surface area (Å²) in [4.78, 5) is 19.0. The van der Waals surface area contributed by atoms with Crippen molar-refractivity contribution in [3.8, 4) is 0 Å². The summed E-state index contributed by atoms with van der Waals surface area (Å²) in [5.74, 6) is 0.818. The molecule has 1 unspecified atom stereocenters. The maximum atomic E-state index is 11.9. The number of aromatic nitrogens is 2. The van der Waals surface area contributed by atoms with Crippen LogP contribution in [0.4, 0.5) is 0 Å². The molecule has 1 heterocycles. The molecule has 94 valence electrons. The van der Waals surface area contributed by atoms with Crippen LogP contribution < -0.4 is 5.32 Å². The van der Waals surface area contributed by atoms with Gasteiger partial charge in [-0.2, -0.15) is 0 Å². The van der Waals surface area contributed by atoms with Gasteiger partial charge in [0.05, 0.1) is 5.92 Å². The Balaban J connectivity index is 1.81. The quantitative estimate of drug-likeness (QED) is 0.842. The molecule has 1 atom stereocenters. The second-order valence-corrected chi connectivity index (χ2v) is 4.21. The highest BCUT2D eigenvalue weighted by Crippen LogP contribution is 2.14. The van der Waals surface area contributed by atoms with Crippen LogP contribution in [0, 0.1) is 0 Å². The third kappa shape index (κ3) is 3.20. The van der Waals surface area contributed by atoms with Gasteiger partial charge < -0.3 is 10.3 Å². The zero-order valence-corrected chi connectivity index (χ0v) is 10.4. The minimum Gasteiger partial charge on any atom is -0.355 e. The Labute approximate surface area is 106 Å². The standard InChI is InChI=1S/C14H17N3O/c1-11(12-5-3-2-4-6-12)14(18)17-8-7-13-15-9-10-16-13/h2-6,9-11H,7-8H2,1H3,(H,15,16)(H,17,18). The number of imidazole rings is 1. The Morgan fingerprint density at radius 1 is 1.39 bits per heavy atom. The van der Waals surface area contributed by atoms with E-state index in [0.29, 0.717) is 6.54 Å². The maximum absolute atomic E-state index is 11.9. The van der Waals surface area contributed by atoms with Gasteiger partial charge in [-0.25, -0.2) is 4.98 Å². The van der Waals surface area contributed by atoms with Crippen LogP contribution in [0.3, 0.4) is 0 Å². The average Bonchev–Trinajstić information content (AvgIpc) is 2.92. The number of carbonyl (C=O) groups is 1. The van der Waals surface area contributed by atoms with Gasteiger partial charge in [0.1, 0.15) is 5.82 Å². The molecule has 2 N–H and O–H groups in total. The van der Waals surface area contributed by atoms with Gasteiger partial charge in [0.25, 0.3) is 0 Å². The molecule has 0 saturated carbocycles. The molecule has 0 aliphatic carbocycles. The molecular formula is C14H17N3O. The van der Waals surface area contributed by atoms with E-state index in [-0.39, 0.29) is 11.8 Å². The molecule has 1 aromatic carbocycles. The number of rotatable bonds is 5. The summed E-state index contributed by atoms with van der Waals surface area (Å²) in [6.45, 7) is 2.51. The van der Waals surface area contributed by atoms with Crippen LogP contribution in [0.5, 0.6) is 0 Å². The van der Waals surface area contributed by atoms with Crippen LogP contribution in [0.15, 0.2) is 42.7 Å². The lowest BCUT2D eigenvalue weighted by Crippen LogP contribution is -2.29. The first-order valence-electron chi connectivity index (χ1n) is 6.08. The Morgan fingerprint density at radius 3 is 2.83 bits per heavy atom. The largest absolute Gasteiger partial charge is 0.355 e. The van der Waals surface area contributed by atoms with E-state index in [0.717, 1.165) is 17.8 Å². The van der Waals surface area contributed by atoms with E-state index in [1.807, 2.05) is 37.3 Å². The van der Waals surface area contributed by atoms with Crippen molar-refractivity contribution in [2.75, 3.05) is 6.54 Å². The van der Waals surface area contributed by atoms with Crippen LogP contribution in [-0.4, -0.2) is 22.4 Å². The van der Waals surface area contributed by atoms with E-state index >= 15 is 0 Å². The van der Waals surface area contributed by atoms with Gasteiger partial charge in [0, 0.05) is 25.4 Å². The Bertz CT molecular complexity index is 479. The summed E-state index contributed by atoms with van der Waals surface area (Å²) in [5, 5.41) is 2.92. The first kappa shape index (κ1) is 12.4. The SMILES string of the molecule is CC(C(=O)NCCc1ncc[nH]1)c1ccccc1. The predicted molar refractivity (Wildman–Crippen MR) is 70.2 cm³/mol. The van der Waals surface area contributed by atoms with E-state index < -0.39 is 0 Å². The number of carbonyl (C=O) groups excluding carboxylic acids is 1. The third-order valence-electron chi connectivity index (χ3n) is 2.91. The van der Waals surface area contributed by atoms with Gasteiger partial charge in [-0.05, 0) is 12.5 Å². The van der Waals surface area contributed by atoms with E-state index in [2.05, 4.69) is 15.3 Å². The topological polar surface area (TPSA) is 57.8 Å². The van der Waals surface area contributed by atoms with E-state index in [1.54, 1.807) is 12.4 Å². The van der Waals surface area contributed by atoms with Crippen molar-refractivity contribution >= 4 is 5.91 Å². The molecule has 4 heteroatoms. The highest BCUT2D eigenvalue weighted by molar-refractivity contribution is 5.83.